The summed E-state index contributed by atoms with van der Waals surface area (Å²) in [6.07, 6.45) is -5.79. The van der Waals surface area contributed by atoms with Crippen molar-refractivity contribution in [3.63, 3.8) is 0 Å². The molecule has 0 aromatic rings. The average molecular weight is 280 g/mol. The number of aliphatic carboxylic acids is 1. The summed E-state index contributed by atoms with van der Waals surface area (Å²) >= 11 is 0. The van der Waals surface area contributed by atoms with E-state index < -0.39 is 55.2 Å². The predicted octanol–water partition coefficient (Wildman–Crippen LogP) is -2.67. The molecule has 0 fully saturated rings. The molecule has 0 radical (unpaired) electrons. The number of carboxylic acid groups (broad SMARTS) is 1. The summed E-state index contributed by atoms with van der Waals surface area (Å²) in [5.74, 6) is -2.86. The van der Waals surface area contributed by atoms with Crippen molar-refractivity contribution in [3.8, 4) is 0 Å². The van der Waals surface area contributed by atoms with Gasteiger partial charge in [0.2, 0.25) is 0 Å². The smallest absolute Gasteiger partial charge is 0.320 e. The summed E-state index contributed by atoms with van der Waals surface area (Å²) in [7, 11) is 0. The number of carboxylic acids is 1. The summed E-state index contributed by atoms with van der Waals surface area (Å²) in [5.41, 5.74) is 0. The topological polar surface area (TPSA) is 147 Å². The molecule has 0 spiro atoms. The van der Waals surface area contributed by atoms with Gasteiger partial charge in [-0.2, -0.15) is 0 Å². The third-order valence-corrected chi connectivity index (χ3v) is 2.53. The van der Waals surface area contributed by atoms with Crippen molar-refractivity contribution in [3.05, 3.63) is 0 Å². The molecule has 0 aliphatic carbocycles. The molecule has 8 heteroatoms. The first kappa shape index (κ1) is 16.0. The zero-order chi connectivity index (χ0) is 16.0. The van der Waals surface area contributed by atoms with Crippen molar-refractivity contribution in [2.24, 2.45) is 5.92 Å². The Hall–Kier alpha value is -1.06. The second-order valence-corrected chi connectivity index (χ2v) is 4.46. The van der Waals surface area contributed by atoms with Gasteiger partial charge in [0.15, 0.2) is 5.78 Å². The minimum Gasteiger partial charge on any atom is -0.480 e. The Morgan fingerprint density at radius 1 is 1.26 bits per heavy atom. The summed E-state index contributed by atoms with van der Waals surface area (Å²) in [6.45, 7) is 0.493. The van der Waals surface area contributed by atoms with E-state index in [-0.39, 0.29) is 0 Å². The fourth-order valence-electron chi connectivity index (χ4n) is 1.29. The van der Waals surface area contributed by atoms with Crippen LogP contribution in [0.5, 0.6) is 0 Å². The number of aliphatic hydroxyl groups excluding tert-OH is 4. The molecule has 5 atom stereocenters. The van der Waals surface area contributed by atoms with Crippen molar-refractivity contribution in [1.82, 2.24) is 5.32 Å². The lowest BCUT2D eigenvalue weighted by molar-refractivity contribution is -0.142. The minimum absolute atomic E-state index is 0.404. The van der Waals surface area contributed by atoms with Gasteiger partial charge in [-0.25, -0.2) is 0 Å². The van der Waals surface area contributed by atoms with Crippen LogP contribution in [0.1, 0.15) is 15.2 Å². The SMILES string of the molecule is [2H]C(N[C@H](C(=O)O)C(C)C)C(=O)[C@@H](O)[C@H](O)[C@H](O)CO. The van der Waals surface area contributed by atoms with Crippen LogP contribution in [0, 0.1) is 5.92 Å². The maximum atomic E-state index is 11.6. The van der Waals surface area contributed by atoms with Crippen molar-refractivity contribution in [1.29, 1.82) is 0 Å². The molecule has 1 unspecified atom stereocenters. The zero-order valence-electron chi connectivity index (χ0n) is 11.7. The van der Waals surface area contributed by atoms with Crippen LogP contribution in [-0.4, -0.2) is 74.8 Å². The van der Waals surface area contributed by atoms with E-state index in [9.17, 15) is 19.8 Å². The molecule has 0 saturated heterocycles. The van der Waals surface area contributed by atoms with E-state index in [2.05, 4.69) is 5.32 Å². The van der Waals surface area contributed by atoms with Crippen LogP contribution in [0.4, 0.5) is 0 Å². The Morgan fingerprint density at radius 3 is 2.16 bits per heavy atom. The van der Waals surface area contributed by atoms with Crippen LogP contribution in [0.3, 0.4) is 0 Å². The van der Waals surface area contributed by atoms with Gasteiger partial charge in [-0.1, -0.05) is 13.8 Å². The van der Waals surface area contributed by atoms with Gasteiger partial charge in [0.1, 0.15) is 24.4 Å². The Morgan fingerprint density at radius 2 is 1.79 bits per heavy atom. The molecule has 0 bridgehead atoms. The lowest BCUT2D eigenvalue weighted by Gasteiger charge is -2.22. The van der Waals surface area contributed by atoms with Crippen LogP contribution >= 0.6 is 0 Å². The van der Waals surface area contributed by atoms with E-state index in [0.29, 0.717) is 0 Å². The summed E-state index contributed by atoms with van der Waals surface area (Å²) in [5, 5.41) is 47.6. The zero-order valence-corrected chi connectivity index (χ0v) is 10.7. The van der Waals surface area contributed by atoms with E-state index in [4.69, 9.17) is 16.7 Å². The van der Waals surface area contributed by atoms with Gasteiger partial charge in [-0.05, 0) is 5.92 Å². The maximum Gasteiger partial charge on any atom is 0.320 e. The first-order valence-electron chi connectivity index (χ1n) is 6.31. The van der Waals surface area contributed by atoms with Crippen LogP contribution < -0.4 is 5.32 Å². The molecule has 0 aromatic heterocycles. The highest BCUT2D eigenvalue weighted by molar-refractivity contribution is 5.86. The predicted molar refractivity (Wildman–Crippen MR) is 64.4 cm³/mol. The van der Waals surface area contributed by atoms with E-state index in [1.807, 2.05) is 0 Å². The van der Waals surface area contributed by atoms with Gasteiger partial charge >= 0.3 is 5.97 Å². The molecule has 0 rings (SSSR count). The molecule has 8 nitrogen and oxygen atoms in total. The molecule has 0 aliphatic rings. The largest absolute Gasteiger partial charge is 0.480 e. The van der Waals surface area contributed by atoms with Gasteiger partial charge < -0.3 is 25.5 Å². The number of rotatable bonds is 9. The highest BCUT2D eigenvalue weighted by Crippen LogP contribution is 2.04. The summed E-state index contributed by atoms with van der Waals surface area (Å²) in [4.78, 5) is 22.6. The molecule has 6 N–H and O–H groups in total. The van der Waals surface area contributed by atoms with Crippen LogP contribution in [0.2, 0.25) is 0 Å². The van der Waals surface area contributed by atoms with Crippen molar-refractivity contribution < 1.29 is 36.5 Å². The van der Waals surface area contributed by atoms with Crippen molar-refractivity contribution in [2.75, 3.05) is 13.1 Å². The quantitative estimate of drug-likeness (QED) is 0.268. The van der Waals surface area contributed by atoms with Gasteiger partial charge in [0, 0.05) is 0 Å². The second kappa shape index (κ2) is 8.18. The Bertz CT molecular complexity index is 339. The molecule has 112 valence electrons. The van der Waals surface area contributed by atoms with E-state index in [0.717, 1.165) is 0 Å². The second-order valence-electron chi connectivity index (χ2n) is 4.46. The molecule has 0 aromatic carbocycles. The molecule has 19 heavy (non-hydrogen) atoms. The number of hydrogen-bond donors (Lipinski definition) is 6. The van der Waals surface area contributed by atoms with E-state index in [1.54, 1.807) is 13.8 Å². The van der Waals surface area contributed by atoms with Crippen LogP contribution in [-0.2, 0) is 9.59 Å². The van der Waals surface area contributed by atoms with Gasteiger partial charge in [0.25, 0.3) is 0 Å². The average Bonchev–Trinajstić information content (AvgIpc) is 2.39. The summed E-state index contributed by atoms with van der Waals surface area (Å²) in [6, 6.07) is -1.17. The fraction of sp³-hybridized carbons (Fsp3) is 0.818. The number of carbonyl (C=O) groups is 2. The number of Topliss-reactive ketones (excluding diaryl/α,β-unsaturated/α-hetero) is 1. The Balaban J connectivity index is 4.72. The first-order chi connectivity index (χ1) is 9.13. The summed E-state index contributed by atoms with van der Waals surface area (Å²) < 4.78 is 7.48. The van der Waals surface area contributed by atoms with Gasteiger partial charge in [0.05, 0.1) is 14.5 Å². The molecular formula is C11H21NO7. The fourth-order valence-corrected chi connectivity index (χ4v) is 1.29. The number of hydrogen-bond acceptors (Lipinski definition) is 7. The van der Waals surface area contributed by atoms with Gasteiger partial charge in [-0.15, -0.1) is 0 Å². The van der Waals surface area contributed by atoms with Crippen molar-refractivity contribution in [2.45, 2.75) is 38.2 Å². The van der Waals surface area contributed by atoms with E-state index >= 15 is 0 Å². The maximum absolute atomic E-state index is 11.6. The molecule has 0 aliphatic heterocycles. The number of aliphatic hydroxyl groups is 4. The number of ketones is 1. The molecular weight excluding hydrogens is 258 g/mol. The number of carbonyl (C=O) groups excluding carboxylic acids is 1. The molecule has 0 amide bonds. The first-order valence-corrected chi connectivity index (χ1v) is 5.73. The highest BCUT2D eigenvalue weighted by atomic mass is 16.4. The Kier molecular flexibility index (Phi) is 6.89. The van der Waals surface area contributed by atoms with Crippen molar-refractivity contribution >= 4 is 11.8 Å². The third kappa shape index (κ3) is 5.62. The lowest BCUT2D eigenvalue weighted by atomic mass is 10.0. The van der Waals surface area contributed by atoms with Crippen LogP contribution in [0.15, 0.2) is 0 Å². The van der Waals surface area contributed by atoms with E-state index in [1.165, 1.54) is 0 Å². The lowest BCUT2D eigenvalue weighted by Crippen LogP contribution is -2.49. The Labute approximate surface area is 112 Å². The molecule has 0 heterocycles. The standard InChI is InChI=1S/C11H21NO7/c1-5(2)8(11(18)19)12-3-6(14)9(16)10(17)7(15)4-13/h5,7-10,12-13,15-17H,3-4H2,1-2H3,(H,18,19)/t7-,8+,9-,10-/m1/s1/i3D/t3?,7-,8+,9-,10-. The normalized spacial score (nSPS) is 20.3. The van der Waals surface area contributed by atoms with Crippen LogP contribution in [0.25, 0.3) is 0 Å². The monoisotopic (exact) mass is 280 g/mol. The highest BCUT2D eigenvalue weighted by Gasteiger charge is 2.30. The number of nitrogens with one attached hydrogen (secondary N) is 1. The molecule has 0 saturated carbocycles. The van der Waals surface area contributed by atoms with Gasteiger partial charge in [-0.3, -0.25) is 14.9 Å². The third-order valence-electron chi connectivity index (χ3n) is 2.53. The minimum atomic E-state index is -2.10.